The first-order valence-corrected chi connectivity index (χ1v) is 9.49. The fraction of sp³-hybridized carbons (Fsp3) is 0.115. The van der Waals surface area contributed by atoms with Crippen molar-refractivity contribution in [1.29, 1.82) is 0 Å². The molecule has 0 saturated carbocycles. The number of hydrogen-bond acceptors (Lipinski definition) is 4. The van der Waals surface area contributed by atoms with Crippen molar-refractivity contribution in [2.45, 2.75) is 0 Å². The van der Waals surface area contributed by atoms with Crippen molar-refractivity contribution in [2.24, 2.45) is 0 Å². The average molecular weight is 400 g/mol. The Morgan fingerprint density at radius 3 is 1.53 bits per heavy atom. The molecule has 0 amide bonds. The summed E-state index contributed by atoms with van der Waals surface area (Å²) in [6.45, 7) is 0. The molecule has 0 atom stereocenters. The third-order valence-corrected chi connectivity index (χ3v) is 4.64. The molecule has 0 spiro atoms. The summed E-state index contributed by atoms with van der Waals surface area (Å²) in [6.07, 6.45) is 5.26. The minimum absolute atomic E-state index is 0.0909. The predicted octanol–water partition coefficient (Wildman–Crippen LogP) is 5.54. The molecule has 0 radical (unpaired) electrons. The Hall–Kier alpha value is -3.79. The summed E-state index contributed by atoms with van der Waals surface area (Å²) in [7, 11) is 4.87. The fourth-order valence-corrected chi connectivity index (χ4v) is 2.91. The summed E-state index contributed by atoms with van der Waals surface area (Å²) in [4.78, 5) is 13.1. The highest BCUT2D eigenvalue weighted by molar-refractivity contribution is 6.30. The van der Waals surface area contributed by atoms with Crippen LogP contribution >= 0.6 is 0 Å². The van der Waals surface area contributed by atoms with Gasteiger partial charge in [-0.2, -0.15) is 0 Å². The van der Waals surface area contributed by atoms with E-state index >= 15 is 0 Å². The molecule has 0 saturated heterocycles. The van der Waals surface area contributed by atoms with Crippen LogP contribution in [0.3, 0.4) is 0 Å². The number of allylic oxidation sites excluding steroid dienone is 2. The van der Waals surface area contributed by atoms with E-state index in [4.69, 9.17) is 14.2 Å². The topological polar surface area (TPSA) is 44.8 Å². The van der Waals surface area contributed by atoms with Crippen molar-refractivity contribution in [3.05, 3.63) is 95.6 Å². The molecule has 152 valence electrons. The maximum Gasteiger partial charge on any atom is 0.186 e. The van der Waals surface area contributed by atoms with E-state index in [1.807, 2.05) is 78.9 Å². The van der Waals surface area contributed by atoms with Crippen molar-refractivity contribution in [1.82, 2.24) is 0 Å². The molecule has 0 heterocycles. The van der Waals surface area contributed by atoms with Crippen molar-refractivity contribution in [3.63, 3.8) is 0 Å². The van der Waals surface area contributed by atoms with E-state index in [2.05, 4.69) is 0 Å². The van der Waals surface area contributed by atoms with Crippen LogP contribution in [0.15, 0.2) is 78.9 Å². The summed E-state index contributed by atoms with van der Waals surface area (Å²) >= 11 is 0. The molecule has 30 heavy (non-hydrogen) atoms. The van der Waals surface area contributed by atoms with E-state index in [9.17, 15) is 4.79 Å². The van der Waals surface area contributed by atoms with Gasteiger partial charge in [0.1, 0.15) is 17.2 Å². The lowest BCUT2D eigenvalue weighted by Crippen LogP contribution is -1.98. The fourth-order valence-electron chi connectivity index (χ4n) is 2.91. The highest BCUT2D eigenvalue weighted by Crippen LogP contribution is 2.24. The Kier molecular flexibility index (Phi) is 7.06. The molecule has 0 N–H and O–H groups in total. The third-order valence-electron chi connectivity index (χ3n) is 4.64. The molecular weight excluding hydrogens is 376 g/mol. The molecule has 0 aliphatic carbocycles. The molecule has 3 aromatic rings. The third kappa shape index (κ3) is 5.39. The van der Waals surface area contributed by atoms with Crippen LogP contribution in [0.5, 0.6) is 17.2 Å². The second-order valence-electron chi connectivity index (χ2n) is 6.53. The van der Waals surface area contributed by atoms with E-state index in [0.717, 1.165) is 33.9 Å². The van der Waals surface area contributed by atoms with Gasteiger partial charge in [0.2, 0.25) is 0 Å². The van der Waals surface area contributed by atoms with Gasteiger partial charge in [-0.3, -0.25) is 4.79 Å². The summed E-state index contributed by atoms with van der Waals surface area (Å²) in [5.74, 6) is 2.19. The zero-order valence-electron chi connectivity index (χ0n) is 17.3. The van der Waals surface area contributed by atoms with Crippen LogP contribution in [0.25, 0.3) is 17.7 Å². The number of methoxy groups -OCH3 is 3. The minimum Gasteiger partial charge on any atom is -0.497 e. The smallest absolute Gasteiger partial charge is 0.186 e. The highest BCUT2D eigenvalue weighted by Gasteiger charge is 2.10. The lowest BCUT2D eigenvalue weighted by molar-refractivity contribution is -0.109. The Morgan fingerprint density at radius 2 is 1.07 bits per heavy atom. The van der Waals surface area contributed by atoms with E-state index in [1.165, 1.54) is 0 Å². The van der Waals surface area contributed by atoms with Gasteiger partial charge in [0.25, 0.3) is 0 Å². The summed E-state index contributed by atoms with van der Waals surface area (Å²) in [5.41, 5.74) is 3.24. The number of ketones is 1. The van der Waals surface area contributed by atoms with Crippen molar-refractivity contribution in [3.8, 4) is 17.2 Å². The Balaban J connectivity index is 1.92. The van der Waals surface area contributed by atoms with E-state index in [-0.39, 0.29) is 5.78 Å². The van der Waals surface area contributed by atoms with Gasteiger partial charge in [-0.1, -0.05) is 42.5 Å². The molecule has 0 aliphatic heterocycles. The number of benzene rings is 3. The van der Waals surface area contributed by atoms with Gasteiger partial charge < -0.3 is 14.2 Å². The molecule has 0 bridgehead atoms. The second kappa shape index (κ2) is 10.1. The van der Waals surface area contributed by atoms with Gasteiger partial charge in [-0.15, -0.1) is 0 Å². The Bertz CT molecular complexity index is 1030. The molecule has 0 fully saturated rings. The standard InChI is InChI=1S/C26H24O4/c1-28-22-11-4-19(5-12-22)8-17-26(27)25(21-9-15-24(30-3)16-10-21)18-20-6-13-23(29-2)14-7-20/h4-18H,1-3H3/b17-8+,25-18+. The van der Waals surface area contributed by atoms with Crippen LogP contribution in [0.2, 0.25) is 0 Å². The molecule has 3 aromatic carbocycles. The monoisotopic (exact) mass is 400 g/mol. The number of ether oxygens (including phenoxy) is 3. The van der Waals surface area contributed by atoms with E-state index in [0.29, 0.717) is 5.57 Å². The maximum atomic E-state index is 13.1. The number of rotatable bonds is 8. The first-order valence-electron chi connectivity index (χ1n) is 9.49. The SMILES string of the molecule is COc1ccc(/C=C/C(=O)/C(=C/c2ccc(OC)cc2)c2ccc(OC)cc2)cc1. The molecule has 0 aromatic heterocycles. The zero-order valence-corrected chi connectivity index (χ0v) is 17.3. The number of carbonyl (C=O) groups is 1. The number of carbonyl (C=O) groups excluding carboxylic acids is 1. The molecule has 3 rings (SSSR count). The van der Waals surface area contributed by atoms with Crippen molar-refractivity contribution < 1.29 is 19.0 Å². The molecule has 4 nitrogen and oxygen atoms in total. The predicted molar refractivity (Wildman–Crippen MR) is 121 cm³/mol. The average Bonchev–Trinajstić information content (AvgIpc) is 2.81. The minimum atomic E-state index is -0.0909. The summed E-state index contributed by atoms with van der Waals surface area (Å²) in [5, 5.41) is 0. The van der Waals surface area contributed by atoms with Crippen molar-refractivity contribution >= 4 is 23.5 Å². The van der Waals surface area contributed by atoms with Gasteiger partial charge in [-0.05, 0) is 65.2 Å². The highest BCUT2D eigenvalue weighted by atomic mass is 16.5. The van der Waals surface area contributed by atoms with E-state index < -0.39 is 0 Å². The number of hydrogen-bond donors (Lipinski definition) is 0. The lowest BCUT2D eigenvalue weighted by atomic mass is 9.98. The second-order valence-corrected chi connectivity index (χ2v) is 6.53. The Labute approximate surface area is 177 Å². The Morgan fingerprint density at radius 1 is 0.633 bits per heavy atom. The molecule has 4 heteroatoms. The first kappa shape index (κ1) is 20.9. The van der Waals surface area contributed by atoms with Crippen LogP contribution in [0, 0.1) is 0 Å². The van der Waals surface area contributed by atoms with Gasteiger partial charge >= 0.3 is 0 Å². The van der Waals surface area contributed by atoms with Crippen LogP contribution < -0.4 is 14.2 Å². The van der Waals surface area contributed by atoms with Crippen LogP contribution in [0.4, 0.5) is 0 Å². The molecular formula is C26H24O4. The van der Waals surface area contributed by atoms with Crippen LogP contribution in [-0.4, -0.2) is 27.1 Å². The van der Waals surface area contributed by atoms with Gasteiger partial charge in [0.05, 0.1) is 21.3 Å². The quantitative estimate of drug-likeness (QED) is 0.368. The molecule has 0 aliphatic rings. The van der Waals surface area contributed by atoms with Crippen molar-refractivity contribution in [2.75, 3.05) is 21.3 Å². The molecule has 0 unspecified atom stereocenters. The zero-order chi connectivity index (χ0) is 21.3. The van der Waals surface area contributed by atoms with Gasteiger partial charge in [0.15, 0.2) is 5.78 Å². The summed E-state index contributed by atoms with van der Waals surface area (Å²) in [6, 6.07) is 22.6. The van der Waals surface area contributed by atoms with Gasteiger partial charge in [-0.25, -0.2) is 0 Å². The van der Waals surface area contributed by atoms with Gasteiger partial charge in [0, 0.05) is 5.57 Å². The van der Waals surface area contributed by atoms with Crippen LogP contribution in [-0.2, 0) is 4.79 Å². The largest absolute Gasteiger partial charge is 0.497 e. The first-order chi connectivity index (χ1) is 14.6. The lowest BCUT2D eigenvalue weighted by Gasteiger charge is -2.07. The summed E-state index contributed by atoms with van der Waals surface area (Å²) < 4.78 is 15.6. The van der Waals surface area contributed by atoms with E-state index in [1.54, 1.807) is 33.5 Å². The maximum absolute atomic E-state index is 13.1. The van der Waals surface area contributed by atoms with Crippen LogP contribution in [0.1, 0.15) is 16.7 Å². The normalized spacial score (nSPS) is 11.4.